The molecule has 0 spiro atoms. The molecule has 1 rings (SSSR count). The van der Waals surface area contributed by atoms with E-state index in [1.807, 2.05) is 6.92 Å². The summed E-state index contributed by atoms with van der Waals surface area (Å²) >= 11 is 2.16. The molecular formula is C10H9F2I. The maximum absolute atomic E-state index is 13.0. The van der Waals surface area contributed by atoms with Gasteiger partial charge < -0.3 is 0 Å². The van der Waals surface area contributed by atoms with E-state index >= 15 is 0 Å². The van der Waals surface area contributed by atoms with E-state index in [0.29, 0.717) is 0 Å². The Morgan fingerprint density at radius 3 is 2.31 bits per heavy atom. The van der Waals surface area contributed by atoms with Crippen molar-refractivity contribution in [3.05, 3.63) is 41.5 Å². The molecule has 13 heavy (non-hydrogen) atoms. The van der Waals surface area contributed by atoms with E-state index in [0.717, 1.165) is 0 Å². The molecule has 3 heteroatoms. The molecule has 0 amide bonds. The van der Waals surface area contributed by atoms with Crippen LogP contribution >= 0.6 is 22.6 Å². The minimum absolute atomic E-state index is 0.0333. The third kappa shape index (κ3) is 3.06. The highest BCUT2D eigenvalue weighted by Crippen LogP contribution is 2.15. The van der Waals surface area contributed by atoms with Gasteiger partial charge in [0.25, 0.3) is 0 Å². The molecule has 0 fully saturated rings. The Balaban J connectivity index is 3.00. The Bertz CT molecular complexity index is 298. The fourth-order valence-corrected chi connectivity index (χ4v) is 1.11. The number of halogens is 3. The minimum Gasteiger partial charge on any atom is -0.206 e. The van der Waals surface area contributed by atoms with E-state index in [-0.39, 0.29) is 9.49 Å². The maximum atomic E-state index is 13.0. The van der Waals surface area contributed by atoms with Crippen molar-refractivity contribution < 1.29 is 8.78 Å². The van der Waals surface area contributed by atoms with Crippen molar-refractivity contribution in [3.8, 4) is 0 Å². The molecular weight excluding hydrogens is 285 g/mol. The van der Waals surface area contributed by atoms with Gasteiger partial charge in [-0.2, -0.15) is 0 Å². The monoisotopic (exact) mass is 294 g/mol. The Hall–Kier alpha value is -0.450. The molecule has 70 valence electrons. The summed E-state index contributed by atoms with van der Waals surface area (Å²) in [5, 5.41) is 0. The van der Waals surface area contributed by atoms with Crippen molar-refractivity contribution in [2.45, 2.75) is 10.8 Å². The van der Waals surface area contributed by atoms with Crippen molar-refractivity contribution in [2.75, 3.05) is 0 Å². The molecule has 0 saturated heterocycles. The molecule has 0 saturated carbocycles. The molecule has 0 heterocycles. The summed E-state index contributed by atoms with van der Waals surface area (Å²) in [4.78, 5) is 0. The third-order valence-corrected chi connectivity index (χ3v) is 1.94. The number of alkyl halides is 1. The molecule has 0 nitrogen and oxygen atoms in total. The van der Waals surface area contributed by atoms with Crippen molar-refractivity contribution in [1.29, 1.82) is 0 Å². The molecule has 0 aliphatic heterocycles. The van der Waals surface area contributed by atoms with Crippen molar-refractivity contribution >= 4 is 28.7 Å². The predicted molar refractivity (Wildman–Crippen MR) is 58.9 cm³/mol. The molecule has 1 unspecified atom stereocenters. The lowest BCUT2D eigenvalue weighted by Crippen LogP contribution is -1.88. The van der Waals surface area contributed by atoms with E-state index in [9.17, 15) is 8.78 Å². The largest absolute Gasteiger partial charge is 0.206 e. The van der Waals surface area contributed by atoms with Crippen molar-refractivity contribution in [3.63, 3.8) is 0 Å². The van der Waals surface area contributed by atoms with Crippen LogP contribution in [0.25, 0.3) is 6.08 Å². The van der Waals surface area contributed by atoms with Gasteiger partial charge in [-0.05, 0) is 19.1 Å². The van der Waals surface area contributed by atoms with Gasteiger partial charge in [-0.3, -0.25) is 0 Å². The summed E-state index contributed by atoms with van der Waals surface area (Å²) < 4.78 is 26.3. The lowest BCUT2D eigenvalue weighted by molar-refractivity contribution is 0.578. The fourth-order valence-electron chi connectivity index (χ4n) is 0.899. The van der Waals surface area contributed by atoms with Gasteiger partial charge in [-0.1, -0.05) is 40.8 Å². The van der Waals surface area contributed by atoms with Crippen molar-refractivity contribution in [2.24, 2.45) is 0 Å². The number of allylic oxidation sites excluding steroid dienone is 1. The SMILES string of the molecule is CC(I)/C=C/c1c(F)cccc1F. The zero-order valence-electron chi connectivity index (χ0n) is 7.10. The van der Waals surface area contributed by atoms with Gasteiger partial charge in [-0.25, -0.2) is 8.78 Å². The van der Waals surface area contributed by atoms with Crippen LogP contribution in [0.3, 0.4) is 0 Å². The van der Waals surface area contributed by atoms with Crippen LogP contribution in [0.1, 0.15) is 12.5 Å². The average molecular weight is 294 g/mol. The third-order valence-electron chi connectivity index (χ3n) is 1.53. The zero-order chi connectivity index (χ0) is 9.84. The van der Waals surface area contributed by atoms with Crippen LogP contribution in [-0.2, 0) is 0 Å². The number of hydrogen-bond donors (Lipinski definition) is 0. The minimum atomic E-state index is -0.520. The van der Waals surface area contributed by atoms with E-state index < -0.39 is 11.6 Å². The summed E-state index contributed by atoms with van der Waals surface area (Å²) in [6.45, 7) is 1.94. The molecule has 0 aromatic heterocycles. The lowest BCUT2D eigenvalue weighted by atomic mass is 10.2. The van der Waals surface area contributed by atoms with E-state index in [1.54, 1.807) is 6.08 Å². The van der Waals surface area contributed by atoms with Gasteiger partial charge >= 0.3 is 0 Å². The first-order chi connectivity index (χ1) is 6.11. The smallest absolute Gasteiger partial charge is 0.133 e. The highest BCUT2D eigenvalue weighted by Gasteiger charge is 2.03. The first kappa shape index (κ1) is 10.6. The molecule has 0 radical (unpaired) electrons. The van der Waals surface area contributed by atoms with E-state index in [1.165, 1.54) is 24.3 Å². The van der Waals surface area contributed by atoms with E-state index in [4.69, 9.17) is 0 Å². The molecule has 1 aromatic rings. The summed E-state index contributed by atoms with van der Waals surface area (Å²) in [5.74, 6) is -1.04. The van der Waals surface area contributed by atoms with Crippen LogP contribution in [-0.4, -0.2) is 3.92 Å². The second-order valence-corrected chi connectivity index (χ2v) is 4.64. The molecule has 0 bridgehead atoms. The quantitative estimate of drug-likeness (QED) is 0.575. The Morgan fingerprint density at radius 2 is 1.85 bits per heavy atom. The molecule has 1 aromatic carbocycles. The van der Waals surface area contributed by atoms with E-state index in [2.05, 4.69) is 22.6 Å². The van der Waals surface area contributed by atoms with Crippen LogP contribution in [0.4, 0.5) is 8.78 Å². The topological polar surface area (TPSA) is 0 Å². The Kier molecular flexibility index (Phi) is 3.84. The Labute approximate surface area is 89.8 Å². The summed E-state index contributed by atoms with van der Waals surface area (Å²) in [5.41, 5.74) is 0.0333. The van der Waals surface area contributed by atoms with Gasteiger partial charge in [0, 0.05) is 9.49 Å². The average Bonchev–Trinajstić information content (AvgIpc) is 2.03. The molecule has 1 atom stereocenters. The number of benzene rings is 1. The van der Waals surface area contributed by atoms with Crippen molar-refractivity contribution in [1.82, 2.24) is 0 Å². The highest BCUT2D eigenvalue weighted by atomic mass is 127. The van der Waals surface area contributed by atoms with Crippen LogP contribution in [0.5, 0.6) is 0 Å². The maximum Gasteiger partial charge on any atom is 0.133 e. The second kappa shape index (κ2) is 4.69. The van der Waals surface area contributed by atoms with Crippen LogP contribution in [0, 0.1) is 11.6 Å². The first-order valence-corrected chi connectivity index (χ1v) is 5.12. The number of rotatable bonds is 2. The van der Waals surface area contributed by atoms with Gasteiger partial charge in [0.2, 0.25) is 0 Å². The summed E-state index contributed by atoms with van der Waals surface area (Å²) in [6, 6.07) is 3.86. The Morgan fingerprint density at radius 1 is 1.31 bits per heavy atom. The van der Waals surface area contributed by atoms with Crippen LogP contribution in [0.2, 0.25) is 0 Å². The highest BCUT2D eigenvalue weighted by molar-refractivity contribution is 14.1. The number of hydrogen-bond acceptors (Lipinski definition) is 0. The van der Waals surface area contributed by atoms with Gasteiger partial charge in [0.05, 0.1) is 0 Å². The molecule has 0 N–H and O–H groups in total. The zero-order valence-corrected chi connectivity index (χ0v) is 9.26. The normalized spacial score (nSPS) is 13.5. The second-order valence-electron chi connectivity index (χ2n) is 2.67. The van der Waals surface area contributed by atoms with Gasteiger partial charge in [0.1, 0.15) is 11.6 Å². The van der Waals surface area contributed by atoms with Gasteiger partial charge in [-0.15, -0.1) is 0 Å². The lowest BCUT2D eigenvalue weighted by Gasteiger charge is -1.98. The van der Waals surface area contributed by atoms with Crippen LogP contribution in [0.15, 0.2) is 24.3 Å². The van der Waals surface area contributed by atoms with Gasteiger partial charge in [0.15, 0.2) is 0 Å². The molecule has 0 aliphatic rings. The predicted octanol–water partition coefficient (Wildman–Crippen LogP) is 3.80. The molecule has 0 aliphatic carbocycles. The standard InChI is InChI=1S/C10H9F2I/c1-7(13)5-6-8-9(11)3-2-4-10(8)12/h2-7H,1H3/b6-5+. The van der Waals surface area contributed by atoms with Crippen LogP contribution < -0.4 is 0 Å². The summed E-state index contributed by atoms with van der Waals surface area (Å²) in [6.07, 6.45) is 3.23. The summed E-state index contributed by atoms with van der Waals surface area (Å²) in [7, 11) is 0. The first-order valence-electron chi connectivity index (χ1n) is 3.87. The fraction of sp³-hybridized carbons (Fsp3) is 0.200.